The van der Waals surface area contributed by atoms with Crippen molar-refractivity contribution in [3.63, 3.8) is 0 Å². The maximum atomic E-state index is 13.0. The third-order valence-corrected chi connectivity index (χ3v) is 17.8. The third kappa shape index (κ3) is 61.3. The second kappa shape index (κ2) is 57.9. The number of aliphatic hydroxyl groups excluding tert-OH is 1. The maximum Gasteiger partial charge on any atom is 0.472 e. The van der Waals surface area contributed by atoms with Crippen LogP contribution < -0.4 is 0 Å². The van der Waals surface area contributed by atoms with E-state index in [1.165, 1.54) is 122 Å². The molecule has 17 nitrogen and oxygen atoms in total. The fourth-order valence-corrected chi connectivity index (χ4v) is 11.7. The van der Waals surface area contributed by atoms with Gasteiger partial charge in [0, 0.05) is 25.7 Å². The minimum absolute atomic E-state index is 0.104. The second-order valence-corrected chi connectivity index (χ2v) is 29.1. The largest absolute Gasteiger partial charge is 0.472 e. The number of unbranched alkanes of at least 4 members (excludes halogenated alkanes) is 30. The predicted molar refractivity (Wildman–Crippen MR) is 349 cm³/mol. The summed E-state index contributed by atoms with van der Waals surface area (Å²) in [4.78, 5) is 72.4. The molecule has 0 aliphatic heterocycles. The van der Waals surface area contributed by atoms with Gasteiger partial charge in [-0.15, -0.1) is 0 Å². The minimum atomic E-state index is -4.95. The van der Waals surface area contributed by atoms with Crippen LogP contribution in [0.4, 0.5) is 0 Å². The molecule has 87 heavy (non-hydrogen) atoms. The topological polar surface area (TPSA) is 237 Å². The van der Waals surface area contributed by atoms with E-state index in [0.29, 0.717) is 31.6 Å². The molecular formula is C68H132O17P2. The van der Waals surface area contributed by atoms with Gasteiger partial charge < -0.3 is 33.8 Å². The number of carbonyl (C=O) groups excluding carboxylic acids is 4. The van der Waals surface area contributed by atoms with Crippen LogP contribution in [0.3, 0.4) is 0 Å². The first-order valence-corrected chi connectivity index (χ1v) is 38.2. The number of esters is 4. The summed E-state index contributed by atoms with van der Waals surface area (Å²) in [7, 11) is -9.90. The van der Waals surface area contributed by atoms with E-state index in [0.717, 1.165) is 120 Å². The standard InChI is InChI=1S/C68H132O17P2/c1-9-61(8)47-39-31-25-27-33-41-49-66(71)79-55-64(85-68(73)51-43-35-23-19-15-14-17-21-29-37-45-59(4)5)57-83-87(76,77)81-53-62(69)52-80-86(74,75)82-56-63(54-78-65(70)48-40-32-26-24-30-38-46-60(6)7)84-67(72)50-42-34-22-18-13-11-10-12-16-20-28-36-44-58(2)3/h58-64,69H,9-57H2,1-8H3,(H,74,75)(H,76,77)/t61?,62-,63-,64-/m1/s1. The summed E-state index contributed by atoms with van der Waals surface area (Å²) in [5, 5.41) is 10.6. The van der Waals surface area contributed by atoms with Crippen molar-refractivity contribution in [1.82, 2.24) is 0 Å². The first-order valence-electron chi connectivity index (χ1n) is 35.2. The molecule has 0 heterocycles. The molecule has 0 fully saturated rings. The molecule has 3 unspecified atom stereocenters. The van der Waals surface area contributed by atoms with Crippen LogP contribution in [0.1, 0.15) is 331 Å². The van der Waals surface area contributed by atoms with Gasteiger partial charge in [-0.1, -0.05) is 280 Å². The Bertz CT molecular complexity index is 1730. The van der Waals surface area contributed by atoms with E-state index in [1.54, 1.807) is 0 Å². The summed E-state index contributed by atoms with van der Waals surface area (Å²) in [6.45, 7) is 14.0. The Kier molecular flexibility index (Phi) is 56.6. The Balaban J connectivity index is 5.24. The van der Waals surface area contributed by atoms with E-state index in [-0.39, 0.29) is 25.7 Å². The van der Waals surface area contributed by atoms with Gasteiger partial charge in [0.15, 0.2) is 12.2 Å². The van der Waals surface area contributed by atoms with Gasteiger partial charge in [0.05, 0.1) is 26.4 Å². The van der Waals surface area contributed by atoms with Crippen molar-refractivity contribution in [1.29, 1.82) is 0 Å². The molecule has 516 valence electrons. The number of carbonyl (C=O) groups is 4. The van der Waals surface area contributed by atoms with Crippen LogP contribution >= 0.6 is 15.6 Å². The van der Waals surface area contributed by atoms with Gasteiger partial charge in [0.2, 0.25) is 0 Å². The second-order valence-electron chi connectivity index (χ2n) is 26.2. The van der Waals surface area contributed by atoms with Crippen LogP contribution in [0.5, 0.6) is 0 Å². The number of rotatable bonds is 65. The highest BCUT2D eigenvalue weighted by Gasteiger charge is 2.30. The van der Waals surface area contributed by atoms with Crippen molar-refractivity contribution in [3.05, 3.63) is 0 Å². The SMILES string of the molecule is CCC(C)CCCCCCCCC(=O)OC[C@H](COP(=O)(O)OC[C@H](O)COP(=O)(O)OC[C@@H](COC(=O)CCCCCCCCC(C)C)OC(=O)CCCCCCCCCCCCCCC(C)C)OC(=O)CCCCCCCCCCCCC(C)C. The monoisotopic (exact) mass is 1280 g/mol. The van der Waals surface area contributed by atoms with Gasteiger partial charge in [-0.05, 0) is 49.4 Å². The molecule has 0 bridgehead atoms. The van der Waals surface area contributed by atoms with Crippen molar-refractivity contribution in [3.8, 4) is 0 Å². The molecule has 0 aromatic carbocycles. The summed E-state index contributed by atoms with van der Waals surface area (Å²) >= 11 is 0. The number of phosphoric acid groups is 2. The summed E-state index contributed by atoms with van der Waals surface area (Å²) < 4.78 is 68.2. The van der Waals surface area contributed by atoms with E-state index in [1.807, 2.05) is 0 Å². The maximum absolute atomic E-state index is 13.0. The quantitative estimate of drug-likeness (QED) is 0.0222. The lowest BCUT2D eigenvalue weighted by atomic mass is 10.00. The van der Waals surface area contributed by atoms with Crippen LogP contribution in [0, 0.1) is 23.7 Å². The summed E-state index contributed by atoms with van der Waals surface area (Å²) in [5.74, 6) is 0.804. The Morgan fingerprint density at radius 3 is 0.816 bits per heavy atom. The fourth-order valence-electron chi connectivity index (χ4n) is 10.1. The smallest absolute Gasteiger partial charge is 0.462 e. The highest BCUT2D eigenvalue weighted by molar-refractivity contribution is 7.47. The van der Waals surface area contributed by atoms with Gasteiger partial charge >= 0.3 is 39.5 Å². The molecule has 0 saturated carbocycles. The number of phosphoric ester groups is 2. The first-order chi connectivity index (χ1) is 41.6. The van der Waals surface area contributed by atoms with Gasteiger partial charge in [0.25, 0.3) is 0 Å². The van der Waals surface area contributed by atoms with Crippen molar-refractivity contribution >= 4 is 39.5 Å². The van der Waals surface area contributed by atoms with E-state index < -0.39 is 97.5 Å². The molecule has 19 heteroatoms. The van der Waals surface area contributed by atoms with Crippen LogP contribution in [0.2, 0.25) is 0 Å². The molecule has 0 amide bonds. The van der Waals surface area contributed by atoms with Crippen LogP contribution in [-0.4, -0.2) is 96.7 Å². The van der Waals surface area contributed by atoms with Crippen molar-refractivity contribution < 1.29 is 80.2 Å². The third-order valence-electron chi connectivity index (χ3n) is 15.9. The zero-order chi connectivity index (χ0) is 64.7. The highest BCUT2D eigenvalue weighted by Crippen LogP contribution is 2.45. The minimum Gasteiger partial charge on any atom is -0.462 e. The number of hydrogen-bond acceptors (Lipinski definition) is 15. The van der Waals surface area contributed by atoms with Crippen molar-refractivity contribution in [2.24, 2.45) is 23.7 Å². The average molecular weight is 1280 g/mol. The highest BCUT2D eigenvalue weighted by atomic mass is 31.2. The van der Waals surface area contributed by atoms with E-state index >= 15 is 0 Å². The summed E-state index contributed by atoms with van der Waals surface area (Å²) in [6, 6.07) is 0. The zero-order valence-corrected chi connectivity index (χ0v) is 58.4. The predicted octanol–water partition coefficient (Wildman–Crippen LogP) is 18.9. The molecule has 0 aromatic heterocycles. The molecule has 0 spiro atoms. The van der Waals surface area contributed by atoms with Gasteiger partial charge in [-0.25, -0.2) is 9.13 Å². The summed E-state index contributed by atoms with van der Waals surface area (Å²) in [5.41, 5.74) is 0. The summed E-state index contributed by atoms with van der Waals surface area (Å²) in [6.07, 6.45) is 39.1. The van der Waals surface area contributed by atoms with Gasteiger partial charge in [0.1, 0.15) is 19.3 Å². The lowest BCUT2D eigenvalue weighted by Crippen LogP contribution is -2.30. The van der Waals surface area contributed by atoms with E-state index in [9.17, 15) is 43.2 Å². The average Bonchev–Trinajstić information content (AvgIpc) is 3.69. The van der Waals surface area contributed by atoms with Gasteiger partial charge in [-0.3, -0.25) is 37.3 Å². The normalized spacial score (nSPS) is 14.6. The molecule has 0 rings (SSSR count). The lowest BCUT2D eigenvalue weighted by molar-refractivity contribution is -0.161. The molecule has 6 atom stereocenters. The zero-order valence-electron chi connectivity index (χ0n) is 56.6. The molecule has 3 N–H and O–H groups in total. The lowest BCUT2D eigenvalue weighted by Gasteiger charge is -2.21. The van der Waals surface area contributed by atoms with Crippen molar-refractivity contribution in [2.45, 2.75) is 350 Å². The number of aliphatic hydroxyl groups is 1. The van der Waals surface area contributed by atoms with E-state index in [4.69, 9.17) is 37.0 Å². The Morgan fingerprint density at radius 1 is 0.322 bits per heavy atom. The molecule has 0 aromatic rings. The first kappa shape index (κ1) is 85.1. The molecule has 0 radical (unpaired) electrons. The molecule has 0 saturated heterocycles. The van der Waals surface area contributed by atoms with Crippen LogP contribution in [0.15, 0.2) is 0 Å². The molecular weight excluding hydrogens is 1150 g/mol. The Morgan fingerprint density at radius 2 is 0.552 bits per heavy atom. The fraction of sp³-hybridized carbons (Fsp3) is 0.941. The Labute approximate surface area is 530 Å². The molecule has 0 aliphatic carbocycles. The van der Waals surface area contributed by atoms with E-state index in [2.05, 4.69) is 55.4 Å². The Hall–Kier alpha value is -1.94. The number of hydrogen-bond donors (Lipinski definition) is 3. The van der Waals surface area contributed by atoms with Crippen LogP contribution in [-0.2, 0) is 65.4 Å². The number of ether oxygens (including phenoxy) is 4. The van der Waals surface area contributed by atoms with Crippen molar-refractivity contribution in [2.75, 3.05) is 39.6 Å². The van der Waals surface area contributed by atoms with Gasteiger partial charge in [-0.2, -0.15) is 0 Å². The van der Waals surface area contributed by atoms with Crippen LogP contribution in [0.25, 0.3) is 0 Å². The molecule has 0 aliphatic rings.